The number of hydrogen-bond donors (Lipinski definition) is 2. The standard InChI is InChI=1S/C18H22N4O3/c1-13(23)21-8-5-9-22-15(12-21)10-16(20-22)18(25)19-11-17(24)14-6-3-2-4-7-14/h2-4,6-7,10,17,24H,5,8-9,11-12H2,1H3,(H,19,25)/t17-/m0/s1. The van der Waals surface area contributed by atoms with E-state index in [2.05, 4.69) is 10.4 Å². The number of nitrogens with one attached hydrogen (secondary N) is 1. The zero-order chi connectivity index (χ0) is 17.8. The molecule has 0 spiro atoms. The van der Waals surface area contributed by atoms with Crippen LogP contribution in [0.25, 0.3) is 0 Å². The minimum atomic E-state index is -0.765. The van der Waals surface area contributed by atoms with E-state index in [1.807, 2.05) is 30.3 Å². The van der Waals surface area contributed by atoms with Gasteiger partial charge in [-0.1, -0.05) is 30.3 Å². The van der Waals surface area contributed by atoms with E-state index >= 15 is 0 Å². The first-order chi connectivity index (χ1) is 12.0. The van der Waals surface area contributed by atoms with E-state index in [1.165, 1.54) is 0 Å². The van der Waals surface area contributed by atoms with Crippen molar-refractivity contribution in [2.24, 2.45) is 0 Å². The molecule has 0 saturated heterocycles. The average molecular weight is 342 g/mol. The monoisotopic (exact) mass is 342 g/mol. The predicted octanol–water partition coefficient (Wildman–Crippen LogP) is 1.10. The average Bonchev–Trinajstić information content (AvgIpc) is 2.91. The van der Waals surface area contributed by atoms with Crippen molar-refractivity contribution in [2.45, 2.75) is 32.5 Å². The van der Waals surface area contributed by atoms with Gasteiger partial charge in [0.1, 0.15) is 0 Å². The van der Waals surface area contributed by atoms with Gasteiger partial charge in [0, 0.05) is 26.6 Å². The number of amides is 2. The van der Waals surface area contributed by atoms with Crippen molar-refractivity contribution in [1.82, 2.24) is 20.0 Å². The Bertz CT molecular complexity index is 757. The summed E-state index contributed by atoms with van der Waals surface area (Å²) >= 11 is 0. The Balaban J connectivity index is 1.64. The van der Waals surface area contributed by atoms with Crippen molar-refractivity contribution in [3.05, 3.63) is 53.3 Å². The van der Waals surface area contributed by atoms with Gasteiger partial charge >= 0.3 is 0 Å². The topological polar surface area (TPSA) is 87.5 Å². The molecule has 1 aliphatic heterocycles. The number of aryl methyl sites for hydroxylation is 1. The highest BCUT2D eigenvalue weighted by Crippen LogP contribution is 2.15. The Morgan fingerprint density at radius 3 is 2.76 bits per heavy atom. The maximum atomic E-state index is 12.3. The van der Waals surface area contributed by atoms with E-state index in [1.54, 1.807) is 22.6 Å². The Kier molecular flexibility index (Phi) is 5.14. The van der Waals surface area contributed by atoms with Gasteiger partial charge in [0.25, 0.3) is 5.91 Å². The molecular weight excluding hydrogens is 320 g/mol. The van der Waals surface area contributed by atoms with Gasteiger partial charge in [-0.2, -0.15) is 5.10 Å². The largest absolute Gasteiger partial charge is 0.387 e. The van der Waals surface area contributed by atoms with Gasteiger partial charge in [-0.25, -0.2) is 0 Å². The second-order valence-electron chi connectivity index (χ2n) is 6.17. The summed E-state index contributed by atoms with van der Waals surface area (Å²) in [5, 5.41) is 17.2. The van der Waals surface area contributed by atoms with E-state index < -0.39 is 6.10 Å². The number of rotatable bonds is 4. The molecule has 0 fully saturated rings. The van der Waals surface area contributed by atoms with Crippen molar-refractivity contribution < 1.29 is 14.7 Å². The van der Waals surface area contributed by atoms with Crippen LogP contribution in [0.3, 0.4) is 0 Å². The Morgan fingerprint density at radius 2 is 2.04 bits per heavy atom. The SMILES string of the molecule is CC(=O)N1CCCn2nc(C(=O)NC[C@H](O)c3ccccc3)cc2C1. The van der Waals surface area contributed by atoms with Crippen LogP contribution in [-0.4, -0.2) is 44.7 Å². The smallest absolute Gasteiger partial charge is 0.271 e. The summed E-state index contributed by atoms with van der Waals surface area (Å²) in [6.45, 7) is 3.50. The van der Waals surface area contributed by atoms with Crippen LogP contribution >= 0.6 is 0 Å². The van der Waals surface area contributed by atoms with Gasteiger partial charge in [0.05, 0.1) is 18.3 Å². The molecular formula is C18H22N4O3. The van der Waals surface area contributed by atoms with E-state index in [9.17, 15) is 14.7 Å². The lowest BCUT2D eigenvalue weighted by Crippen LogP contribution is -2.29. The maximum absolute atomic E-state index is 12.3. The van der Waals surface area contributed by atoms with Crippen LogP contribution in [0, 0.1) is 0 Å². The van der Waals surface area contributed by atoms with Crippen molar-refractivity contribution >= 4 is 11.8 Å². The summed E-state index contributed by atoms with van der Waals surface area (Å²) in [5.74, 6) is -0.309. The van der Waals surface area contributed by atoms with Gasteiger partial charge < -0.3 is 15.3 Å². The molecule has 132 valence electrons. The molecule has 0 aliphatic carbocycles. The number of fused-ring (bicyclic) bond motifs is 1. The van der Waals surface area contributed by atoms with Crippen LogP contribution in [0.1, 0.15) is 41.2 Å². The molecule has 0 radical (unpaired) electrons. The molecule has 1 atom stereocenters. The molecule has 1 aromatic carbocycles. The zero-order valence-corrected chi connectivity index (χ0v) is 14.2. The Labute approximate surface area is 146 Å². The van der Waals surface area contributed by atoms with E-state index in [0.717, 1.165) is 17.7 Å². The molecule has 2 heterocycles. The molecule has 2 aromatic rings. The number of nitrogens with zero attached hydrogens (tertiary/aromatic N) is 3. The van der Waals surface area contributed by atoms with E-state index in [4.69, 9.17) is 0 Å². The summed E-state index contributed by atoms with van der Waals surface area (Å²) < 4.78 is 1.78. The van der Waals surface area contributed by atoms with Crippen LogP contribution in [0.15, 0.2) is 36.4 Å². The van der Waals surface area contributed by atoms with Crippen molar-refractivity contribution in [2.75, 3.05) is 13.1 Å². The maximum Gasteiger partial charge on any atom is 0.271 e. The van der Waals surface area contributed by atoms with Crippen LogP contribution in [-0.2, 0) is 17.9 Å². The predicted molar refractivity (Wildman–Crippen MR) is 91.7 cm³/mol. The Morgan fingerprint density at radius 1 is 1.28 bits per heavy atom. The number of benzene rings is 1. The summed E-state index contributed by atoms with van der Waals surface area (Å²) in [6, 6.07) is 10.9. The second kappa shape index (κ2) is 7.48. The molecule has 7 heteroatoms. The number of aliphatic hydroxyl groups is 1. The van der Waals surface area contributed by atoms with Crippen LogP contribution in [0.2, 0.25) is 0 Å². The number of aromatic nitrogens is 2. The Hall–Kier alpha value is -2.67. The van der Waals surface area contributed by atoms with Crippen LogP contribution in [0.5, 0.6) is 0 Å². The van der Waals surface area contributed by atoms with Crippen molar-refractivity contribution in [1.29, 1.82) is 0 Å². The second-order valence-corrected chi connectivity index (χ2v) is 6.17. The third-order valence-electron chi connectivity index (χ3n) is 4.33. The molecule has 0 unspecified atom stereocenters. The normalized spacial score (nSPS) is 15.2. The summed E-state index contributed by atoms with van der Waals surface area (Å²) in [5.41, 5.74) is 1.91. The number of hydrogen-bond acceptors (Lipinski definition) is 4. The third-order valence-corrected chi connectivity index (χ3v) is 4.33. The van der Waals surface area contributed by atoms with E-state index in [-0.39, 0.29) is 18.4 Å². The van der Waals surface area contributed by atoms with E-state index in [0.29, 0.717) is 25.3 Å². The lowest BCUT2D eigenvalue weighted by molar-refractivity contribution is -0.129. The molecule has 0 saturated carbocycles. The van der Waals surface area contributed by atoms with Crippen LogP contribution in [0.4, 0.5) is 0 Å². The molecule has 1 aliphatic rings. The number of carbonyl (C=O) groups excluding carboxylic acids is 2. The fraction of sp³-hybridized carbons (Fsp3) is 0.389. The van der Waals surface area contributed by atoms with Gasteiger partial charge in [0.15, 0.2) is 5.69 Å². The highest BCUT2D eigenvalue weighted by Gasteiger charge is 2.21. The lowest BCUT2D eigenvalue weighted by Gasteiger charge is -2.17. The minimum Gasteiger partial charge on any atom is -0.387 e. The van der Waals surface area contributed by atoms with Gasteiger partial charge in [-0.3, -0.25) is 14.3 Å². The first-order valence-electron chi connectivity index (χ1n) is 8.38. The first kappa shape index (κ1) is 17.2. The summed E-state index contributed by atoms with van der Waals surface area (Å²) in [4.78, 5) is 25.7. The van der Waals surface area contributed by atoms with Crippen molar-refractivity contribution in [3.63, 3.8) is 0 Å². The van der Waals surface area contributed by atoms with Gasteiger partial charge in [0.2, 0.25) is 5.91 Å². The van der Waals surface area contributed by atoms with Gasteiger partial charge in [-0.05, 0) is 18.1 Å². The fourth-order valence-corrected chi connectivity index (χ4v) is 2.91. The molecule has 0 bridgehead atoms. The molecule has 2 amide bonds. The number of aliphatic hydroxyl groups excluding tert-OH is 1. The fourth-order valence-electron chi connectivity index (χ4n) is 2.91. The molecule has 1 aromatic heterocycles. The highest BCUT2D eigenvalue weighted by atomic mass is 16.3. The molecule has 3 rings (SSSR count). The van der Waals surface area contributed by atoms with Crippen LogP contribution < -0.4 is 5.32 Å². The van der Waals surface area contributed by atoms with Crippen molar-refractivity contribution in [3.8, 4) is 0 Å². The van der Waals surface area contributed by atoms with Gasteiger partial charge in [-0.15, -0.1) is 0 Å². The summed E-state index contributed by atoms with van der Waals surface area (Å²) in [7, 11) is 0. The third kappa shape index (κ3) is 4.06. The lowest BCUT2D eigenvalue weighted by atomic mass is 10.1. The molecule has 2 N–H and O–H groups in total. The first-order valence-corrected chi connectivity index (χ1v) is 8.38. The molecule has 25 heavy (non-hydrogen) atoms. The summed E-state index contributed by atoms with van der Waals surface area (Å²) in [6.07, 6.45) is 0.0426. The quantitative estimate of drug-likeness (QED) is 0.871. The number of carbonyl (C=O) groups is 2. The molecule has 7 nitrogen and oxygen atoms in total. The minimum absolute atomic E-state index is 0.0200. The zero-order valence-electron chi connectivity index (χ0n) is 14.2. The highest BCUT2D eigenvalue weighted by molar-refractivity contribution is 5.92.